The third-order valence-corrected chi connectivity index (χ3v) is 6.01. The number of hydrogen-bond donors (Lipinski definition) is 3. The maximum atomic E-state index is 13.0. The molecule has 0 radical (unpaired) electrons. The Morgan fingerprint density at radius 1 is 1.26 bits per heavy atom. The second-order valence-corrected chi connectivity index (χ2v) is 8.24. The highest BCUT2D eigenvalue weighted by Gasteiger charge is 2.24. The number of benzene rings is 1. The number of aromatic amines is 1. The van der Waals surface area contributed by atoms with Gasteiger partial charge >= 0.3 is 0 Å². The van der Waals surface area contributed by atoms with E-state index in [1.165, 1.54) is 6.42 Å². The smallest absolute Gasteiger partial charge is 0.251 e. The summed E-state index contributed by atoms with van der Waals surface area (Å²) in [5, 5.41) is 15.9. The zero-order valence-corrected chi connectivity index (χ0v) is 17.2. The molecule has 1 saturated carbocycles. The third-order valence-electron chi connectivity index (χ3n) is 6.01. The predicted molar refractivity (Wildman–Crippen MR) is 119 cm³/mol. The van der Waals surface area contributed by atoms with Crippen molar-refractivity contribution in [2.45, 2.75) is 38.3 Å². The lowest BCUT2D eigenvalue weighted by Gasteiger charge is -2.29. The van der Waals surface area contributed by atoms with Gasteiger partial charge in [-0.2, -0.15) is 10.2 Å². The van der Waals surface area contributed by atoms with Gasteiger partial charge in [0, 0.05) is 47.7 Å². The first-order valence-electron chi connectivity index (χ1n) is 10.6. The van der Waals surface area contributed by atoms with Crippen LogP contribution in [0.4, 0.5) is 5.82 Å². The molecule has 3 heterocycles. The molecule has 8 heteroatoms. The summed E-state index contributed by atoms with van der Waals surface area (Å²) < 4.78 is 1.98. The van der Waals surface area contributed by atoms with Gasteiger partial charge in [-0.3, -0.25) is 14.6 Å². The van der Waals surface area contributed by atoms with Crippen molar-refractivity contribution in [1.82, 2.24) is 30.3 Å². The molecule has 1 aliphatic rings. The number of nitrogens with zero attached hydrogens (tertiary/aromatic N) is 4. The standard InChI is InChI=1S/C23H25N7O/c24-21-8-6-17(13-25-21)22-19-12-16(5-7-20(19)28-29-22)23(31)27-18-4-1-3-15(11-18)14-30-10-2-9-26-30/h2,5-10,12-13,15,18H,1,3-4,11,14H2,(H2,24,25)(H,27,31)(H,28,29). The summed E-state index contributed by atoms with van der Waals surface area (Å²) in [6.07, 6.45) is 9.77. The zero-order valence-electron chi connectivity index (χ0n) is 17.2. The van der Waals surface area contributed by atoms with Crippen LogP contribution in [0, 0.1) is 5.92 Å². The van der Waals surface area contributed by atoms with Crippen LogP contribution in [0.5, 0.6) is 0 Å². The molecular formula is C23H25N7O. The van der Waals surface area contributed by atoms with Gasteiger partial charge in [0.2, 0.25) is 0 Å². The average Bonchev–Trinajstić information content (AvgIpc) is 3.44. The lowest BCUT2D eigenvalue weighted by molar-refractivity contribution is 0.0917. The monoisotopic (exact) mass is 415 g/mol. The number of amides is 1. The van der Waals surface area contributed by atoms with E-state index in [2.05, 4.69) is 25.6 Å². The van der Waals surface area contributed by atoms with Crippen molar-refractivity contribution in [2.24, 2.45) is 5.92 Å². The Hall–Kier alpha value is -3.68. The summed E-state index contributed by atoms with van der Waals surface area (Å²) in [4.78, 5) is 17.2. The molecule has 0 bridgehead atoms. The molecule has 4 aromatic rings. The Morgan fingerprint density at radius 3 is 3.00 bits per heavy atom. The lowest BCUT2D eigenvalue weighted by Crippen LogP contribution is -2.39. The number of nitrogen functional groups attached to an aromatic ring is 1. The molecule has 3 aromatic heterocycles. The molecule has 0 aliphatic heterocycles. The van der Waals surface area contributed by atoms with Gasteiger partial charge in [-0.1, -0.05) is 6.42 Å². The average molecular weight is 416 g/mol. The van der Waals surface area contributed by atoms with Gasteiger partial charge in [-0.25, -0.2) is 4.98 Å². The molecule has 1 amide bonds. The van der Waals surface area contributed by atoms with E-state index in [0.29, 0.717) is 17.3 Å². The molecule has 158 valence electrons. The van der Waals surface area contributed by atoms with Crippen LogP contribution < -0.4 is 11.1 Å². The van der Waals surface area contributed by atoms with Gasteiger partial charge in [-0.05, 0) is 61.6 Å². The highest BCUT2D eigenvalue weighted by Crippen LogP contribution is 2.28. The number of nitrogens with one attached hydrogen (secondary N) is 2. The minimum atomic E-state index is -0.0470. The van der Waals surface area contributed by atoms with E-state index in [-0.39, 0.29) is 11.9 Å². The Kier molecular flexibility index (Phi) is 5.11. The van der Waals surface area contributed by atoms with Crippen LogP contribution in [-0.4, -0.2) is 36.9 Å². The molecular weight excluding hydrogens is 390 g/mol. The Labute approximate surface area is 179 Å². The van der Waals surface area contributed by atoms with Gasteiger partial charge in [0.05, 0.1) is 5.52 Å². The van der Waals surface area contributed by atoms with Crippen molar-refractivity contribution in [1.29, 1.82) is 0 Å². The lowest BCUT2D eigenvalue weighted by atomic mass is 9.85. The number of fused-ring (bicyclic) bond motifs is 1. The maximum absolute atomic E-state index is 13.0. The van der Waals surface area contributed by atoms with Gasteiger partial charge in [0.1, 0.15) is 11.5 Å². The predicted octanol–water partition coefficient (Wildman–Crippen LogP) is 3.39. The number of hydrogen-bond acceptors (Lipinski definition) is 5. The van der Waals surface area contributed by atoms with Crippen molar-refractivity contribution in [2.75, 3.05) is 5.73 Å². The minimum Gasteiger partial charge on any atom is -0.384 e. The van der Waals surface area contributed by atoms with E-state index < -0.39 is 0 Å². The Balaban J connectivity index is 1.31. The van der Waals surface area contributed by atoms with Gasteiger partial charge in [-0.15, -0.1) is 0 Å². The van der Waals surface area contributed by atoms with Crippen molar-refractivity contribution in [3.8, 4) is 11.3 Å². The maximum Gasteiger partial charge on any atom is 0.251 e. The summed E-state index contributed by atoms with van der Waals surface area (Å²) in [5.41, 5.74) is 8.82. The summed E-state index contributed by atoms with van der Waals surface area (Å²) >= 11 is 0. The second kappa shape index (κ2) is 8.22. The molecule has 4 N–H and O–H groups in total. The van der Waals surface area contributed by atoms with E-state index in [9.17, 15) is 4.79 Å². The van der Waals surface area contributed by atoms with Crippen LogP contribution in [-0.2, 0) is 6.54 Å². The molecule has 2 atom stereocenters. The number of pyridine rings is 1. The van der Waals surface area contributed by atoms with Crippen molar-refractivity contribution < 1.29 is 4.79 Å². The van der Waals surface area contributed by atoms with Crippen molar-refractivity contribution in [3.05, 3.63) is 60.6 Å². The molecule has 1 aliphatic carbocycles. The quantitative estimate of drug-likeness (QED) is 0.462. The van der Waals surface area contributed by atoms with Crippen LogP contribution in [0.1, 0.15) is 36.0 Å². The number of rotatable bonds is 5. The van der Waals surface area contributed by atoms with E-state index in [4.69, 9.17) is 5.73 Å². The number of carbonyl (C=O) groups is 1. The molecule has 0 spiro atoms. The summed E-state index contributed by atoms with van der Waals surface area (Å²) in [5.74, 6) is 0.941. The van der Waals surface area contributed by atoms with Crippen LogP contribution in [0.3, 0.4) is 0 Å². The van der Waals surface area contributed by atoms with E-state index >= 15 is 0 Å². The summed E-state index contributed by atoms with van der Waals surface area (Å²) in [7, 11) is 0. The first-order valence-corrected chi connectivity index (χ1v) is 10.6. The second-order valence-electron chi connectivity index (χ2n) is 8.24. The number of H-pyrrole nitrogens is 1. The number of carbonyl (C=O) groups excluding carboxylic acids is 1. The van der Waals surface area contributed by atoms with Gasteiger partial charge < -0.3 is 11.1 Å². The highest BCUT2D eigenvalue weighted by atomic mass is 16.1. The first kappa shape index (κ1) is 19.3. The molecule has 1 aromatic carbocycles. The molecule has 0 saturated heterocycles. The summed E-state index contributed by atoms with van der Waals surface area (Å²) in [6.45, 7) is 0.902. The molecule has 31 heavy (non-hydrogen) atoms. The highest BCUT2D eigenvalue weighted by molar-refractivity contribution is 6.01. The van der Waals surface area contributed by atoms with Crippen LogP contribution in [0.15, 0.2) is 55.0 Å². The topological polar surface area (TPSA) is 115 Å². The normalized spacial score (nSPS) is 18.8. The number of aromatic nitrogens is 5. The Morgan fingerprint density at radius 2 is 2.19 bits per heavy atom. The first-order chi connectivity index (χ1) is 15.2. The third kappa shape index (κ3) is 4.14. The van der Waals surface area contributed by atoms with Crippen LogP contribution in [0.2, 0.25) is 0 Å². The van der Waals surface area contributed by atoms with Gasteiger partial charge in [0.25, 0.3) is 5.91 Å². The van der Waals surface area contributed by atoms with Crippen LogP contribution >= 0.6 is 0 Å². The fourth-order valence-corrected chi connectivity index (χ4v) is 4.45. The van der Waals surface area contributed by atoms with Crippen LogP contribution in [0.25, 0.3) is 22.2 Å². The SMILES string of the molecule is Nc1ccc(-c2n[nH]c3ccc(C(=O)NC4CCCC(Cn5cccn5)C4)cc23)cn1. The van der Waals surface area contributed by atoms with E-state index in [1.54, 1.807) is 12.3 Å². The molecule has 1 fully saturated rings. The zero-order chi connectivity index (χ0) is 21.2. The largest absolute Gasteiger partial charge is 0.384 e. The van der Waals surface area contributed by atoms with Crippen molar-refractivity contribution >= 4 is 22.6 Å². The summed E-state index contributed by atoms with van der Waals surface area (Å²) in [6, 6.07) is 11.4. The Bertz CT molecular complexity index is 1180. The molecule has 8 nitrogen and oxygen atoms in total. The van der Waals surface area contributed by atoms with E-state index in [0.717, 1.165) is 48.0 Å². The number of anilines is 1. The fraction of sp³-hybridized carbons (Fsp3) is 0.304. The van der Waals surface area contributed by atoms with Crippen molar-refractivity contribution in [3.63, 3.8) is 0 Å². The van der Waals surface area contributed by atoms with E-state index in [1.807, 2.05) is 47.4 Å². The molecule has 2 unspecified atom stereocenters. The number of nitrogens with two attached hydrogens (primary N) is 1. The molecule has 5 rings (SSSR count). The minimum absolute atomic E-state index is 0.0470. The fourth-order valence-electron chi connectivity index (χ4n) is 4.45. The van der Waals surface area contributed by atoms with Gasteiger partial charge in [0.15, 0.2) is 0 Å².